The monoisotopic (exact) mass is 265 g/mol. The van der Waals surface area contributed by atoms with Gasteiger partial charge in [-0.05, 0) is 20.3 Å². The topological polar surface area (TPSA) is 76.4 Å². The van der Waals surface area contributed by atoms with Crippen LogP contribution in [-0.4, -0.2) is 25.2 Å². The molecule has 0 N–H and O–H groups in total. The molecule has 0 saturated heterocycles. The van der Waals surface area contributed by atoms with Crippen molar-refractivity contribution in [3.8, 4) is 6.07 Å². The number of rotatable bonds is 8. The number of hydrogen-bond acceptors (Lipinski definition) is 5. The first-order chi connectivity index (χ1) is 9.17. The van der Waals surface area contributed by atoms with Gasteiger partial charge in [-0.3, -0.25) is 9.59 Å². The van der Waals surface area contributed by atoms with Gasteiger partial charge in [0.15, 0.2) is 5.92 Å². The van der Waals surface area contributed by atoms with Gasteiger partial charge in [0.05, 0.1) is 6.07 Å². The van der Waals surface area contributed by atoms with Crippen LogP contribution in [0.4, 0.5) is 0 Å². The van der Waals surface area contributed by atoms with E-state index in [-0.39, 0.29) is 26.1 Å². The number of ether oxygens (including phenoxy) is 2. The predicted molar refractivity (Wildman–Crippen MR) is 69.9 cm³/mol. The van der Waals surface area contributed by atoms with E-state index in [1.165, 1.54) is 0 Å². The summed E-state index contributed by atoms with van der Waals surface area (Å²) < 4.78 is 9.83. The maximum atomic E-state index is 11.7. The maximum absolute atomic E-state index is 11.7. The Labute approximate surface area is 113 Å². The van der Waals surface area contributed by atoms with Crippen LogP contribution < -0.4 is 0 Å². The Balaban J connectivity index is 4.46. The van der Waals surface area contributed by atoms with Crippen LogP contribution in [0.25, 0.3) is 0 Å². The molecule has 0 aliphatic heterocycles. The summed E-state index contributed by atoms with van der Waals surface area (Å²) in [5.41, 5.74) is 0. The zero-order chi connectivity index (χ0) is 14.5. The molecule has 5 heteroatoms. The summed E-state index contributed by atoms with van der Waals surface area (Å²) in [5.74, 6) is -2.34. The normalized spacial score (nSPS) is 10.8. The third-order valence-corrected chi connectivity index (χ3v) is 2.23. The Morgan fingerprint density at radius 2 is 1.58 bits per heavy atom. The number of allylic oxidation sites excluding steroid dienone is 2. The van der Waals surface area contributed by atoms with Crippen molar-refractivity contribution in [2.24, 2.45) is 5.92 Å². The minimum atomic E-state index is -1.03. The predicted octanol–water partition coefficient (Wildman–Crippen LogP) is 2.14. The highest BCUT2D eigenvalue weighted by Gasteiger charge is 2.29. The van der Waals surface area contributed by atoms with Crippen LogP contribution in [0.2, 0.25) is 0 Å². The van der Waals surface area contributed by atoms with E-state index in [1.807, 2.05) is 6.07 Å². The second-order valence-electron chi connectivity index (χ2n) is 3.65. The zero-order valence-electron chi connectivity index (χ0n) is 11.3. The lowest BCUT2D eigenvalue weighted by Gasteiger charge is -2.12. The molecule has 0 saturated carbocycles. The molecular weight excluding hydrogens is 246 g/mol. The van der Waals surface area contributed by atoms with Gasteiger partial charge in [0.1, 0.15) is 13.2 Å². The zero-order valence-corrected chi connectivity index (χ0v) is 11.3. The number of nitrogens with zero attached hydrogens (tertiary/aromatic N) is 1. The molecule has 0 aromatic carbocycles. The molecule has 0 amide bonds. The number of esters is 2. The first-order valence-corrected chi connectivity index (χ1v) is 6.09. The Morgan fingerprint density at radius 3 is 1.95 bits per heavy atom. The van der Waals surface area contributed by atoms with E-state index < -0.39 is 17.9 Å². The summed E-state index contributed by atoms with van der Waals surface area (Å²) in [6, 6.07) is 1.90. The summed E-state index contributed by atoms with van der Waals surface area (Å²) in [6.45, 7) is 3.82. The van der Waals surface area contributed by atoms with Crippen LogP contribution in [0.3, 0.4) is 0 Å². The van der Waals surface area contributed by atoms with Crippen LogP contribution in [-0.2, 0) is 19.1 Å². The van der Waals surface area contributed by atoms with Crippen molar-refractivity contribution >= 4 is 11.9 Å². The largest absolute Gasteiger partial charge is 0.461 e. The highest BCUT2D eigenvalue weighted by molar-refractivity contribution is 5.94. The van der Waals surface area contributed by atoms with Crippen LogP contribution in [0.15, 0.2) is 24.3 Å². The van der Waals surface area contributed by atoms with E-state index in [9.17, 15) is 9.59 Å². The summed E-state index contributed by atoms with van der Waals surface area (Å²) in [7, 11) is 0. The molecule has 0 unspecified atom stereocenters. The van der Waals surface area contributed by atoms with Gasteiger partial charge in [-0.2, -0.15) is 5.26 Å². The van der Waals surface area contributed by atoms with E-state index in [0.717, 1.165) is 0 Å². The molecule has 104 valence electrons. The standard InChI is InChI=1S/C14H19NO4/c1-3-5-10-18-13(16)12(8-7-9-15)14(17)19-11-6-4-2/h3-6,12H,7-8,10-11H2,1-2H3/b5-3+,6-4+. The van der Waals surface area contributed by atoms with Crippen molar-refractivity contribution in [2.75, 3.05) is 13.2 Å². The van der Waals surface area contributed by atoms with Gasteiger partial charge in [0.2, 0.25) is 0 Å². The lowest BCUT2D eigenvalue weighted by atomic mass is 10.0. The first-order valence-electron chi connectivity index (χ1n) is 6.09. The van der Waals surface area contributed by atoms with Crippen LogP contribution in [0.5, 0.6) is 0 Å². The van der Waals surface area contributed by atoms with Crippen molar-refractivity contribution in [3.63, 3.8) is 0 Å². The van der Waals surface area contributed by atoms with Crippen LogP contribution in [0, 0.1) is 17.2 Å². The second kappa shape index (κ2) is 11.0. The smallest absolute Gasteiger partial charge is 0.320 e. The second-order valence-corrected chi connectivity index (χ2v) is 3.65. The molecule has 19 heavy (non-hydrogen) atoms. The van der Waals surface area contributed by atoms with Gasteiger partial charge in [-0.15, -0.1) is 0 Å². The van der Waals surface area contributed by atoms with Crippen molar-refractivity contribution < 1.29 is 19.1 Å². The Hall–Kier alpha value is -2.09. The average Bonchev–Trinajstić information content (AvgIpc) is 2.40. The molecule has 0 aliphatic carbocycles. The third-order valence-electron chi connectivity index (χ3n) is 2.23. The van der Waals surface area contributed by atoms with Gasteiger partial charge in [-0.25, -0.2) is 0 Å². The molecule has 0 rings (SSSR count). The minimum Gasteiger partial charge on any atom is -0.461 e. The van der Waals surface area contributed by atoms with E-state index in [2.05, 4.69) is 0 Å². The number of nitriles is 1. The van der Waals surface area contributed by atoms with Crippen LogP contribution in [0.1, 0.15) is 26.7 Å². The molecular formula is C14H19NO4. The molecule has 0 aromatic heterocycles. The summed E-state index contributed by atoms with van der Waals surface area (Å²) >= 11 is 0. The molecule has 0 atom stereocenters. The van der Waals surface area contributed by atoms with Crippen molar-refractivity contribution in [3.05, 3.63) is 24.3 Å². The molecule has 0 aliphatic rings. The molecule has 0 heterocycles. The van der Waals surface area contributed by atoms with Gasteiger partial charge in [0, 0.05) is 6.42 Å². The molecule has 0 bridgehead atoms. The number of carbonyl (C=O) groups excluding carboxylic acids is 2. The van der Waals surface area contributed by atoms with Gasteiger partial charge < -0.3 is 9.47 Å². The lowest BCUT2D eigenvalue weighted by Crippen LogP contribution is -2.28. The van der Waals surface area contributed by atoms with Crippen molar-refractivity contribution in [2.45, 2.75) is 26.7 Å². The summed E-state index contributed by atoms with van der Waals surface area (Å²) in [6.07, 6.45) is 7.00. The SMILES string of the molecule is C/C=C/COC(=O)C(CCC#N)C(=O)OC/C=C/C. The van der Waals surface area contributed by atoms with Gasteiger partial charge >= 0.3 is 11.9 Å². The Kier molecular flexibility index (Phi) is 9.81. The van der Waals surface area contributed by atoms with E-state index >= 15 is 0 Å². The maximum Gasteiger partial charge on any atom is 0.320 e. The van der Waals surface area contributed by atoms with Crippen molar-refractivity contribution in [1.82, 2.24) is 0 Å². The van der Waals surface area contributed by atoms with Gasteiger partial charge in [0.25, 0.3) is 0 Å². The van der Waals surface area contributed by atoms with E-state index in [1.54, 1.807) is 38.2 Å². The number of carbonyl (C=O) groups is 2. The minimum absolute atomic E-state index is 0.0993. The average molecular weight is 265 g/mol. The fourth-order valence-corrected chi connectivity index (χ4v) is 1.19. The Bertz CT molecular complexity index is 351. The van der Waals surface area contributed by atoms with Crippen LogP contribution >= 0.6 is 0 Å². The Morgan fingerprint density at radius 1 is 1.11 bits per heavy atom. The van der Waals surface area contributed by atoms with Crippen molar-refractivity contribution in [1.29, 1.82) is 5.26 Å². The highest BCUT2D eigenvalue weighted by atomic mass is 16.6. The van der Waals surface area contributed by atoms with Gasteiger partial charge in [-0.1, -0.05) is 24.3 Å². The van der Waals surface area contributed by atoms with E-state index in [0.29, 0.717) is 0 Å². The molecule has 5 nitrogen and oxygen atoms in total. The molecule has 0 spiro atoms. The third kappa shape index (κ3) is 7.77. The first kappa shape index (κ1) is 16.9. The number of hydrogen-bond donors (Lipinski definition) is 0. The fourth-order valence-electron chi connectivity index (χ4n) is 1.19. The molecule has 0 aromatic rings. The molecule has 0 fully saturated rings. The molecule has 0 radical (unpaired) electrons. The fraction of sp³-hybridized carbons (Fsp3) is 0.500. The summed E-state index contributed by atoms with van der Waals surface area (Å²) in [5, 5.41) is 8.53. The summed E-state index contributed by atoms with van der Waals surface area (Å²) in [4.78, 5) is 23.4. The van der Waals surface area contributed by atoms with E-state index in [4.69, 9.17) is 14.7 Å². The quantitative estimate of drug-likeness (QED) is 0.382. The lowest BCUT2D eigenvalue weighted by molar-refractivity contribution is -0.161. The highest BCUT2D eigenvalue weighted by Crippen LogP contribution is 2.11.